The van der Waals surface area contributed by atoms with Crippen LogP contribution in [0.25, 0.3) is 0 Å². The number of esters is 3. The minimum absolute atomic E-state index is 0.0926. The van der Waals surface area contributed by atoms with Crippen LogP contribution in [0.3, 0.4) is 0 Å². The molecule has 6 nitrogen and oxygen atoms in total. The molecule has 0 aromatic heterocycles. The molecule has 0 heterocycles. The zero-order chi connectivity index (χ0) is 56.4. The molecule has 0 aromatic rings. The van der Waals surface area contributed by atoms with E-state index in [-0.39, 0.29) is 31.1 Å². The van der Waals surface area contributed by atoms with E-state index in [4.69, 9.17) is 14.2 Å². The van der Waals surface area contributed by atoms with E-state index >= 15 is 0 Å². The van der Waals surface area contributed by atoms with E-state index in [2.05, 4.69) is 118 Å². The van der Waals surface area contributed by atoms with Crippen molar-refractivity contribution in [3.63, 3.8) is 0 Å². The molecule has 0 bridgehead atoms. The minimum Gasteiger partial charge on any atom is -0.462 e. The van der Waals surface area contributed by atoms with E-state index in [0.29, 0.717) is 19.3 Å². The fourth-order valence-electron chi connectivity index (χ4n) is 9.32. The number of carbonyl (C=O) groups is 3. The molecule has 0 aliphatic carbocycles. The average Bonchev–Trinajstić information content (AvgIpc) is 3.44. The van der Waals surface area contributed by atoms with Crippen molar-refractivity contribution in [3.8, 4) is 0 Å². The number of hydrogen-bond acceptors (Lipinski definition) is 6. The van der Waals surface area contributed by atoms with Crippen LogP contribution in [0.4, 0.5) is 0 Å². The van der Waals surface area contributed by atoms with Crippen LogP contribution in [0.2, 0.25) is 0 Å². The Balaban J connectivity index is 4.34. The van der Waals surface area contributed by atoms with Crippen molar-refractivity contribution in [2.45, 2.75) is 329 Å². The molecule has 0 spiro atoms. The highest BCUT2D eigenvalue weighted by molar-refractivity contribution is 5.71. The van der Waals surface area contributed by atoms with E-state index < -0.39 is 6.10 Å². The molecule has 0 saturated heterocycles. The average molecular weight is 1090 g/mol. The predicted molar refractivity (Wildman–Crippen MR) is 339 cm³/mol. The predicted octanol–water partition coefficient (Wildman–Crippen LogP) is 22.8. The Bertz CT molecular complexity index is 1530. The smallest absolute Gasteiger partial charge is 0.306 e. The van der Waals surface area contributed by atoms with Gasteiger partial charge in [-0.25, -0.2) is 0 Å². The van der Waals surface area contributed by atoms with E-state index in [1.54, 1.807) is 0 Å². The lowest BCUT2D eigenvalue weighted by atomic mass is 10.0. The van der Waals surface area contributed by atoms with Gasteiger partial charge in [0.2, 0.25) is 0 Å². The second-order valence-corrected chi connectivity index (χ2v) is 22.0. The zero-order valence-corrected chi connectivity index (χ0v) is 51.4. The molecule has 448 valence electrons. The largest absolute Gasteiger partial charge is 0.462 e. The SMILES string of the molecule is CC/C=C\C/C=C\C/C=C\C/C=C\CCCCC(=O)OCC(COC(=O)CCCCCCCCCCCCCC/C=C\C/C=C\C/C=C\CCCCCCC)OC(=O)CCCCCCCCC/C=C\CCCCCCCCC. The minimum atomic E-state index is -0.800. The summed E-state index contributed by atoms with van der Waals surface area (Å²) in [5, 5.41) is 0. The molecule has 0 aliphatic heterocycles. The summed E-state index contributed by atoms with van der Waals surface area (Å²) in [6, 6.07) is 0. The van der Waals surface area contributed by atoms with E-state index in [1.165, 1.54) is 186 Å². The topological polar surface area (TPSA) is 78.9 Å². The second-order valence-electron chi connectivity index (χ2n) is 22.0. The van der Waals surface area contributed by atoms with Crippen LogP contribution in [0.15, 0.2) is 97.2 Å². The molecular weight excluding hydrogens is 961 g/mol. The molecule has 0 radical (unpaired) electrons. The van der Waals surface area contributed by atoms with Crippen molar-refractivity contribution in [2.24, 2.45) is 0 Å². The molecule has 6 heteroatoms. The van der Waals surface area contributed by atoms with Gasteiger partial charge in [0.05, 0.1) is 0 Å². The van der Waals surface area contributed by atoms with E-state index in [0.717, 1.165) is 96.3 Å². The summed E-state index contributed by atoms with van der Waals surface area (Å²) in [5.74, 6) is -0.931. The fourth-order valence-corrected chi connectivity index (χ4v) is 9.32. The number of rotatable bonds is 60. The van der Waals surface area contributed by atoms with Gasteiger partial charge < -0.3 is 14.2 Å². The van der Waals surface area contributed by atoms with Crippen LogP contribution in [0, 0.1) is 0 Å². The maximum Gasteiger partial charge on any atom is 0.306 e. The van der Waals surface area contributed by atoms with Crippen molar-refractivity contribution in [1.82, 2.24) is 0 Å². The van der Waals surface area contributed by atoms with Gasteiger partial charge in [-0.1, -0.05) is 279 Å². The Kier molecular flexibility index (Phi) is 62.7. The van der Waals surface area contributed by atoms with Crippen molar-refractivity contribution < 1.29 is 28.6 Å². The highest BCUT2D eigenvalue weighted by Crippen LogP contribution is 2.16. The number of allylic oxidation sites excluding steroid dienone is 16. The first-order chi connectivity index (χ1) is 38.5. The number of hydrogen-bond donors (Lipinski definition) is 0. The van der Waals surface area contributed by atoms with Crippen LogP contribution < -0.4 is 0 Å². The monoisotopic (exact) mass is 1080 g/mol. The van der Waals surface area contributed by atoms with Crippen molar-refractivity contribution in [1.29, 1.82) is 0 Å². The van der Waals surface area contributed by atoms with Gasteiger partial charge >= 0.3 is 17.9 Å². The van der Waals surface area contributed by atoms with Gasteiger partial charge in [-0.15, -0.1) is 0 Å². The Morgan fingerprint density at radius 1 is 0.269 bits per heavy atom. The maximum atomic E-state index is 12.9. The van der Waals surface area contributed by atoms with Gasteiger partial charge in [0.25, 0.3) is 0 Å². The highest BCUT2D eigenvalue weighted by atomic mass is 16.6. The standard InChI is InChI=1S/C72H124O6/c1-4-7-10-13-16-19-22-25-28-30-32-33-34-35-36-37-38-39-40-42-44-47-50-53-56-59-62-65-71(74)77-68-69(67-76-70(73)64-61-58-55-52-49-46-43-27-24-21-18-15-12-9-6-3)78-72(75)66-63-60-57-54-51-48-45-41-31-29-26-23-20-17-14-11-8-5-2/h9,12,18,21-22,25,27,29-32,34-35,43,49,52,69H,4-8,10-11,13-17,19-20,23-24,26,28,33,36-42,44-48,50-51,53-68H2,1-3H3/b12-9-,21-18-,25-22-,31-29-,32-30-,35-34-,43-27-,52-49-. The normalized spacial score (nSPS) is 12.7. The Labute approximate surface area is 483 Å². The molecule has 0 amide bonds. The van der Waals surface area contributed by atoms with Gasteiger partial charge in [0.15, 0.2) is 6.10 Å². The van der Waals surface area contributed by atoms with Crippen molar-refractivity contribution in [2.75, 3.05) is 13.2 Å². The molecular formula is C72H124O6. The first-order valence-corrected chi connectivity index (χ1v) is 33.2. The van der Waals surface area contributed by atoms with Crippen molar-refractivity contribution in [3.05, 3.63) is 97.2 Å². The molecule has 78 heavy (non-hydrogen) atoms. The summed E-state index contributed by atoms with van der Waals surface area (Å²) in [5.41, 5.74) is 0. The quantitative estimate of drug-likeness (QED) is 0.0261. The van der Waals surface area contributed by atoms with Gasteiger partial charge in [-0.05, 0) is 122 Å². The van der Waals surface area contributed by atoms with E-state index in [1.807, 2.05) is 0 Å². The first kappa shape index (κ1) is 74.3. The van der Waals surface area contributed by atoms with Gasteiger partial charge in [0, 0.05) is 19.3 Å². The second kappa shape index (κ2) is 65.8. The molecule has 0 aliphatic rings. The van der Waals surface area contributed by atoms with E-state index in [9.17, 15) is 14.4 Å². The third kappa shape index (κ3) is 63.2. The highest BCUT2D eigenvalue weighted by Gasteiger charge is 2.19. The fraction of sp³-hybridized carbons (Fsp3) is 0.736. The summed E-state index contributed by atoms with van der Waals surface area (Å²) < 4.78 is 16.9. The van der Waals surface area contributed by atoms with Crippen LogP contribution in [0.5, 0.6) is 0 Å². The molecule has 0 saturated carbocycles. The molecule has 0 aromatic carbocycles. The number of unbranched alkanes of at least 4 members (excludes halogenated alkanes) is 33. The molecule has 1 atom stereocenters. The Morgan fingerprint density at radius 3 is 0.821 bits per heavy atom. The molecule has 0 fully saturated rings. The summed E-state index contributed by atoms with van der Waals surface area (Å²) in [6.07, 6.45) is 88.5. The Hall–Kier alpha value is -3.67. The third-order valence-electron chi connectivity index (χ3n) is 14.3. The molecule has 0 rings (SSSR count). The first-order valence-electron chi connectivity index (χ1n) is 33.2. The lowest BCUT2D eigenvalue weighted by Crippen LogP contribution is -2.30. The maximum absolute atomic E-state index is 12.9. The van der Waals surface area contributed by atoms with Crippen LogP contribution in [-0.4, -0.2) is 37.2 Å². The van der Waals surface area contributed by atoms with Gasteiger partial charge in [-0.2, -0.15) is 0 Å². The zero-order valence-electron chi connectivity index (χ0n) is 51.4. The third-order valence-corrected chi connectivity index (χ3v) is 14.3. The summed E-state index contributed by atoms with van der Waals surface area (Å²) in [4.78, 5) is 38.3. The molecule has 0 N–H and O–H groups in total. The van der Waals surface area contributed by atoms with Gasteiger partial charge in [-0.3, -0.25) is 14.4 Å². The van der Waals surface area contributed by atoms with Gasteiger partial charge in [0.1, 0.15) is 13.2 Å². The summed E-state index contributed by atoms with van der Waals surface area (Å²) in [6.45, 7) is 6.50. The molecule has 1 unspecified atom stereocenters. The number of carbonyl (C=O) groups excluding carboxylic acids is 3. The van der Waals surface area contributed by atoms with Crippen LogP contribution in [0.1, 0.15) is 323 Å². The van der Waals surface area contributed by atoms with Crippen LogP contribution >= 0.6 is 0 Å². The number of ether oxygens (including phenoxy) is 3. The lowest BCUT2D eigenvalue weighted by Gasteiger charge is -2.18. The van der Waals surface area contributed by atoms with Crippen LogP contribution in [-0.2, 0) is 28.6 Å². The van der Waals surface area contributed by atoms with Crippen molar-refractivity contribution >= 4 is 17.9 Å². The lowest BCUT2D eigenvalue weighted by molar-refractivity contribution is -0.167. The Morgan fingerprint density at radius 2 is 0.500 bits per heavy atom. The summed E-state index contributed by atoms with van der Waals surface area (Å²) in [7, 11) is 0. The summed E-state index contributed by atoms with van der Waals surface area (Å²) >= 11 is 0.